The number of ether oxygens (including phenoxy) is 2. The zero-order chi connectivity index (χ0) is 12.0. The molecule has 1 rings (SSSR count). The number of hydrogen-bond acceptors (Lipinski definition) is 4. The number of aliphatic hydroxyl groups excluding tert-OH is 1. The number of carbonyl (C=O) groups is 1. The number of halogens is 1. The molecule has 0 saturated heterocycles. The van der Waals surface area contributed by atoms with Crippen LogP contribution in [0.5, 0.6) is 5.75 Å². The summed E-state index contributed by atoms with van der Waals surface area (Å²) < 4.78 is 10.8. The molecule has 0 heterocycles. The van der Waals surface area contributed by atoms with Gasteiger partial charge in [0, 0.05) is 17.5 Å². The van der Waals surface area contributed by atoms with Crippen LogP contribution in [0.25, 0.3) is 0 Å². The molecular formula is C11H13BrO4. The highest BCUT2D eigenvalue weighted by Gasteiger charge is 2.13. The lowest BCUT2D eigenvalue weighted by molar-refractivity contribution is 0.0595. The zero-order valence-electron chi connectivity index (χ0n) is 8.90. The number of benzene rings is 1. The first-order chi connectivity index (χ1) is 7.69. The van der Waals surface area contributed by atoms with Crippen molar-refractivity contribution in [2.45, 2.75) is 6.42 Å². The van der Waals surface area contributed by atoms with Crippen molar-refractivity contribution in [1.29, 1.82) is 0 Å². The average molecular weight is 289 g/mol. The molecule has 0 aliphatic carbocycles. The number of rotatable bonds is 5. The lowest BCUT2D eigenvalue weighted by Crippen LogP contribution is -2.07. The summed E-state index contributed by atoms with van der Waals surface area (Å²) in [5.74, 6) is 0.0174. The van der Waals surface area contributed by atoms with E-state index in [4.69, 9.17) is 9.84 Å². The SMILES string of the molecule is COC(=O)c1cc(Br)ccc1OCCCO. The van der Waals surface area contributed by atoms with Crippen LogP contribution < -0.4 is 4.74 Å². The van der Waals surface area contributed by atoms with Crippen LogP contribution in [0.2, 0.25) is 0 Å². The van der Waals surface area contributed by atoms with E-state index in [-0.39, 0.29) is 6.61 Å². The summed E-state index contributed by atoms with van der Waals surface area (Å²) in [5.41, 5.74) is 0.370. The normalized spacial score (nSPS) is 9.94. The van der Waals surface area contributed by atoms with Gasteiger partial charge in [0.15, 0.2) is 0 Å². The first kappa shape index (κ1) is 13.0. The zero-order valence-corrected chi connectivity index (χ0v) is 10.5. The topological polar surface area (TPSA) is 55.8 Å². The molecule has 88 valence electrons. The van der Waals surface area contributed by atoms with E-state index in [1.54, 1.807) is 18.2 Å². The smallest absolute Gasteiger partial charge is 0.341 e. The maximum absolute atomic E-state index is 11.4. The van der Waals surface area contributed by atoms with E-state index in [2.05, 4.69) is 20.7 Å². The second-order valence-corrected chi connectivity index (χ2v) is 3.97. The molecule has 0 aliphatic rings. The van der Waals surface area contributed by atoms with Gasteiger partial charge in [0.05, 0.1) is 13.7 Å². The van der Waals surface area contributed by atoms with Crippen molar-refractivity contribution in [2.24, 2.45) is 0 Å². The number of methoxy groups -OCH3 is 1. The summed E-state index contributed by atoms with van der Waals surface area (Å²) in [6, 6.07) is 5.11. The number of hydrogen-bond donors (Lipinski definition) is 1. The van der Waals surface area contributed by atoms with Crippen LogP contribution in [0.1, 0.15) is 16.8 Å². The van der Waals surface area contributed by atoms with Gasteiger partial charge in [-0.3, -0.25) is 0 Å². The molecule has 5 heteroatoms. The molecule has 4 nitrogen and oxygen atoms in total. The van der Waals surface area contributed by atoms with E-state index in [0.29, 0.717) is 24.3 Å². The summed E-state index contributed by atoms with van der Waals surface area (Å²) in [6.45, 7) is 0.423. The van der Waals surface area contributed by atoms with E-state index in [1.807, 2.05) is 0 Å². The summed E-state index contributed by atoms with van der Waals surface area (Å²) in [4.78, 5) is 11.4. The van der Waals surface area contributed by atoms with Crippen LogP contribution >= 0.6 is 15.9 Å². The summed E-state index contributed by atoms with van der Waals surface area (Å²) in [6.07, 6.45) is 0.524. The third kappa shape index (κ3) is 3.50. The lowest BCUT2D eigenvalue weighted by atomic mass is 10.2. The molecule has 0 spiro atoms. The van der Waals surface area contributed by atoms with Gasteiger partial charge in [0.1, 0.15) is 11.3 Å². The maximum atomic E-state index is 11.4. The van der Waals surface area contributed by atoms with E-state index >= 15 is 0 Å². The molecule has 0 radical (unpaired) electrons. The summed E-state index contributed by atoms with van der Waals surface area (Å²) in [7, 11) is 1.32. The summed E-state index contributed by atoms with van der Waals surface area (Å²) in [5, 5.41) is 8.63. The van der Waals surface area contributed by atoms with E-state index < -0.39 is 5.97 Å². The number of esters is 1. The van der Waals surface area contributed by atoms with Crippen LogP contribution in [-0.4, -0.2) is 31.4 Å². The predicted molar refractivity (Wildman–Crippen MR) is 62.7 cm³/mol. The first-order valence-electron chi connectivity index (χ1n) is 4.80. The van der Waals surface area contributed by atoms with Gasteiger partial charge in [-0.05, 0) is 18.2 Å². The van der Waals surface area contributed by atoms with Crippen LogP contribution in [0.4, 0.5) is 0 Å². The highest BCUT2D eigenvalue weighted by molar-refractivity contribution is 9.10. The molecule has 0 amide bonds. The molecule has 16 heavy (non-hydrogen) atoms. The van der Waals surface area contributed by atoms with Crippen molar-refractivity contribution < 1.29 is 19.4 Å². The molecule has 0 unspecified atom stereocenters. The molecule has 0 saturated carbocycles. The predicted octanol–water partition coefficient (Wildman–Crippen LogP) is 2.00. The average Bonchev–Trinajstić information content (AvgIpc) is 2.30. The Kier molecular flexibility index (Phi) is 5.28. The fourth-order valence-electron chi connectivity index (χ4n) is 1.14. The van der Waals surface area contributed by atoms with Crippen molar-refractivity contribution in [1.82, 2.24) is 0 Å². The fourth-order valence-corrected chi connectivity index (χ4v) is 1.51. The number of aliphatic hydroxyl groups is 1. The third-order valence-electron chi connectivity index (χ3n) is 1.91. The fraction of sp³-hybridized carbons (Fsp3) is 0.364. The Hall–Kier alpha value is -1.07. The monoisotopic (exact) mass is 288 g/mol. The van der Waals surface area contributed by atoms with Crippen molar-refractivity contribution in [3.05, 3.63) is 28.2 Å². The van der Waals surface area contributed by atoms with Gasteiger partial charge in [-0.15, -0.1) is 0 Å². The minimum Gasteiger partial charge on any atom is -0.493 e. The Bertz CT molecular complexity index is 365. The third-order valence-corrected chi connectivity index (χ3v) is 2.40. The molecule has 0 fully saturated rings. The van der Waals surface area contributed by atoms with Crippen LogP contribution in [-0.2, 0) is 4.74 Å². The minimum absolute atomic E-state index is 0.0596. The van der Waals surface area contributed by atoms with E-state index in [0.717, 1.165) is 4.47 Å². The quantitative estimate of drug-likeness (QED) is 0.665. The molecule has 0 aliphatic heterocycles. The Morgan fingerprint density at radius 1 is 1.50 bits per heavy atom. The van der Waals surface area contributed by atoms with Crippen LogP contribution in [0.3, 0.4) is 0 Å². The molecule has 1 N–H and O–H groups in total. The molecule has 0 aromatic heterocycles. The van der Waals surface area contributed by atoms with Crippen molar-refractivity contribution >= 4 is 21.9 Å². The second-order valence-electron chi connectivity index (χ2n) is 3.06. The lowest BCUT2D eigenvalue weighted by Gasteiger charge is -2.09. The summed E-state index contributed by atoms with van der Waals surface area (Å²) >= 11 is 3.27. The molecule has 1 aromatic carbocycles. The molecule has 0 bridgehead atoms. The highest BCUT2D eigenvalue weighted by atomic mass is 79.9. The van der Waals surface area contributed by atoms with Gasteiger partial charge >= 0.3 is 5.97 Å². The van der Waals surface area contributed by atoms with Crippen molar-refractivity contribution in [3.8, 4) is 5.75 Å². The Morgan fingerprint density at radius 2 is 2.25 bits per heavy atom. The first-order valence-corrected chi connectivity index (χ1v) is 5.60. The van der Waals surface area contributed by atoms with Gasteiger partial charge in [-0.2, -0.15) is 0 Å². The van der Waals surface area contributed by atoms with E-state index in [9.17, 15) is 4.79 Å². The minimum atomic E-state index is -0.444. The van der Waals surface area contributed by atoms with Crippen LogP contribution in [0, 0.1) is 0 Å². The second kappa shape index (κ2) is 6.50. The van der Waals surface area contributed by atoms with Gasteiger partial charge in [0.25, 0.3) is 0 Å². The van der Waals surface area contributed by atoms with Gasteiger partial charge in [-0.1, -0.05) is 15.9 Å². The van der Waals surface area contributed by atoms with E-state index in [1.165, 1.54) is 7.11 Å². The molecular weight excluding hydrogens is 276 g/mol. The Balaban J connectivity index is 2.85. The Labute approximate surface area is 102 Å². The van der Waals surface area contributed by atoms with Crippen molar-refractivity contribution in [3.63, 3.8) is 0 Å². The molecule has 1 aromatic rings. The maximum Gasteiger partial charge on any atom is 0.341 e. The standard InChI is InChI=1S/C11H13BrO4/c1-15-11(14)9-7-8(12)3-4-10(9)16-6-2-5-13/h3-4,7,13H,2,5-6H2,1H3. The van der Waals surface area contributed by atoms with Gasteiger partial charge in [-0.25, -0.2) is 4.79 Å². The van der Waals surface area contributed by atoms with Crippen molar-refractivity contribution in [2.75, 3.05) is 20.3 Å². The van der Waals surface area contributed by atoms with Gasteiger partial charge < -0.3 is 14.6 Å². The molecule has 0 atom stereocenters. The number of carbonyl (C=O) groups excluding carboxylic acids is 1. The van der Waals surface area contributed by atoms with Gasteiger partial charge in [0.2, 0.25) is 0 Å². The van der Waals surface area contributed by atoms with Crippen LogP contribution in [0.15, 0.2) is 22.7 Å². The highest BCUT2D eigenvalue weighted by Crippen LogP contribution is 2.24. The largest absolute Gasteiger partial charge is 0.493 e. The Morgan fingerprint density at radius 3 is 2.88 bits per heavy atom.